The van der Waals surface area contributed by atoms with Crippen LogP contribution in [0, 0.1) is 0 Å². The second-order valence-electron chi connectivity index (χ2n) is 14.8. The average molecular weight is 792 g/mol. The Kier molecular flexibility index (Phi) is 42.3. The van der Waals surface area contributed by atoms with Crippen LogP contribution < -0.4 is 0 Å². The molecule has 0 aromatic heterocycles. The van der Waals surface area contributed by atoms with Crippen molar-refractivity contribution >= 4 is 67.5 Å². The molecule has 0 atom stereocenters. The van der Waals surface area contributed by atoms with E-state index in [1.54, 1.807) is 0 Å². The van der Waals surface area contributed by atoms with Gasteiger partial charge in [0.2, 0.25) is 0 Å². The third kappa shape index (κ3) is 39.8. The fourth-order valence-corrected chi connectivity index (χ4v) is 39.5. The molecule has 0 spiro atoms. The molecule has 0 bridgehead atoms. The minimum atomic E-state index is -2.28. The average Bonchev–Trinajstić information content (AvgIpc) is 2.54. The zero-order chi connectivity index (χ0) is 30.4. The van der Waals surface area contributed by atoms with Crippen molar-refractivity contribution in [1.82, 2.24) is 0 Å². The predicted molar refractivity (Wildman–Crippen MR) is 238 cm³/mol. The topological polar surface area (TPSA) is 55.4 Å². The van der Waals surface area contributed by atoms with Gasteiger partial charge in [-0.2, -0.15) is 0 Å². The molecule has 0 fully saturated rings. The molecule has 0 radical (unpaired) electrons. The van der Waals surface area contributed by atoms with E-state index in [4.69, 9.17) is 24.7 Å². The Hall–Kier alpha value is 1.50. The molecule has 290 valence electrons. The molecule has 0 aliphatic carbocycles. The quantitative estimate of drug-likeness (QED) is 0.154. The molecule has 6 nitrogen and oxygen atoms in total. The zero-order valence-corrected chi connectivity index (χ0v) is 36.6. The van der Waals surface area contributed by atoms with Gasteiger partial charge < -0.3 is 24.7 Å². The maximum absolute atomic E-state index is 6.54. The van der Waals surface area contributed by atoms with Crippen LogP contribution in [0.1, 0.15) is 80.2 Å². The lowest BCUT2D eigenvalue weighted by Gasteiger charge is -2.42. The summed E-state index contributed by atoms with van der Waals surface area (Å²) >= 11 is 0. The van der Waals surface area contributed by atoms with Gasteiger partial charge >= 0.3 is 34.2 Å². The van der Waals surface area contributed by atoms with E-state index in [9.17, 15) is 0 Å². The van der Waals surface area contributed by atoms with Crippen LogP contribution in [0.3, 0.4) is 0 Å². The third-order valence-corrected chi connectivity index (χ3v) is 34.7. The highest BCUT2D eigenvalue weighted by Gasteiger charge is 2.46. The summed E-state index contributed by atoms with van der Waals surface area (Å²) in [6, 6.07) is 3.26. The van der Waals surface area contributed by atoms with E-state index < -0.39 is 67.5 Å². The Morgan fingerprint density at radius 1 is 0.289 bits per heavy atom. The molecule has 0 unspecified atom stereocenters. The van der Waals surface area contributed by atoms with Gasteiger partial charge in [0.1, 0.15) is 0 Å². The summed E-state index contributed by atoms with van der Waals surface area (Å²) in [6.07, 6.45) is 0. The maximum atomic E-state index is 6.54. The Morgan fingerprint density at radius 3 is 0.644 bits per heavy atom. The van der Waals surface area contributed by atoms with Crippen LogP contribution in [-0.2, 0) is 24.7 Å². The van der Waals surface area contributed by atoms with E-state index in [0.717, 1.165) is 6.04 Å². The summed E-state index contributed by atoms with van der Waals surface area (Å²) in [5, 5.41) is 0. The van der Waals surface area contributed by atoms with Crippen LogP contribution in [-0.4, -0.2) is 67.5 Å². The fraction of sp³-hybridized carbons (Fsp3) is 1.00. The molecule has 0 aromatic rings. The standard InChI is InChI=1S/C13H38O4Si5.C10H28O2Si3.8CH4/c1-13-22(12,16-20(8,9)14-18(2,3)4)17-21(10,11)15-19(5,6)7;1-9-13(3,4)11-15(7,8)12-14(5,6)10-2;;;;;;;;/h13H2,1-12H3;9-10H2,1-8H3;8*1H4. The van der Waals surface area contributed by atoms with Gasteiger partial charge in [0.05, 0.1) is 0 Å². The summed E-state index contributed by atoms with van der Waals surface area (Å²) in [5.74, 6) is 0. The van der Waals surface area contributed by atoms with Gasteiger partial charge in [-0.05, 0) is 129 Å². The normalized spacial score (nSPS) is 12.3. The molecular formula is C31H98O6Si8. The Labute approximate surface area is 300 Å². The van der Waals surface area contributed by atoms with Crippen LogP contribution in [0.5, 0.6) is 0 Å². The SMILES string of the molecule is C.C.C.C.C.C.C.C.CC[Si](C)(C)O[Si](C)(C)O[Si](C)(C)CC.CC[Si](C)(O[Si](C)(C)O[Si](C)(C)C)O[Si](C)(C)O[Si](C)(C)C. The molecule has 14 heteroatoms. The van der Waals surface area contributed by atoms with E-state index in [1.807, 2.05) is 0 Å². The molecule has 0 saturated carbocycles. The lowest BCUT2D eigenvalue weighted by Crippen LogP contribution is -2.59. The van der Waals surface area contributed by atoms with Gasteiger partial charge in [-0.3, -0.25) is 0 Å². The Bertz CT molecular complexity index is 628. The molecule has 0 rings (SSSR count). The van der Waals surface area contributed by atoms with Gasteiger partial charge in [0, 0.05) is 0 Å². The van der Waals surface area contributed by atoms with Gasteiger partial charge in [-0.25, -0.2) is 0 Å². The van der Waals surface area contributed by atoms with Gasteiger partial charge in [0.15, 0.2) is 33.3 Å². The van der Waals surface area contributed by atoms with Gasteiger partial charge in [0.25, 0.3) is 0 Å². The van der Waals surface area contributed by atoms with Crippen LogP contribution in [0.15, 0.2) is 0 Å². The summed E-state index contributed by atoms with van der Waals surface area (Å²) < 4.78 is 38.3. The molecule has 0 aromatic carbocycles. The van der Waals surface area contributed by atoms with E-state index in [2.05, 4.69) is 132 Å². The molecule has 0 saturated heterocycles. The van der Waals surface area contributed by atoms with Gasteiger partial charge in [-0.1, -0.05) is 80.2 Å². The van der Waals surface area contributed by atoms with Crippen molar-refractivity contribution in [2.45, 2.75) is 210 Å². The van der Waals surface area contributed by atoms with Crippen molar-refractivity contribution in [3.63, 3.8) is 0 Å². The van der Waals surface area contributed by atoms with Gasteiger partial charge in [-0.15, -0.1) is 0 Å². The maximum Gasteiger partial charge on any atom is 0.317 e. The monoisotopic (exact) mass is 791 g/mol. The van der Waals surface area contributed by atoms with Crippen LogP contribution in [0.4, 0.5) is 0 Å². The second kappa shape index (κ2) is 26.3. The van der Waals surface area contributed by atoms with Crippen molar-refractivity contribution < 1.29 is 24.7 Å². The van der Waals surface area contributed by atoms with E-state index in [0.29, 0.717) is 0 Å². The van der Waals surface area contributed by atoms with Crippen molar-refractivity contribution in [3.8, 4) is 0 Å². The molecule has 45 heavy (non-hydrogen) atoms. The van der Waals surface area contributed by atoms with Crippen molar-refractivity contribution in [1.29, 1.82) is 0 Å². The minimum Gasteiger partial charge on any atom is -0.437 e. The highest BCUT2D eigenvalue weighted by molar-refractivity contribution is 6.90. The second-order valence-corrected chi connectivity index (χ2v) is 47.9. The van der Waals surface area contributed by atoms with E-state index >= 15 is 0 Å². The number of hydrogen-bond donors (Lipinski definition) is 0. The summed E-state index contributed by atoms with van der Waals surface area (Å²) in [7, 11) is -14.7. The first kappa shape index (κ1) is 72.3. The molecule has 0 N–H and O–H groups in total. The van der Waals surface area contributed by atoms with Crippen LogP contribution in [0.25, 0.3) is 0 Å². The van der Waals surface area contributed by atoms with Crippen molar-refractivity contribution in [2.24, 2.45) is 0 Å². The predicted octanol–water partition coefficient (Wildman–Crippen LogP) is 14.5. The summed E-state index contributed by atoms with van der Waals surface area (Å²) in [5.41, 5.74) is 0. The summed E-state index contributed by atoms with van der Waals surface area (Å²) in [4.78, 5) is 0. The highest BCUT2D eigenvalue weighted by atomic mass is 28.5. The van der Waals surface area contributed by atoms with E-state index in [1.165, 1.54) is 12.1 Å². The van der Waals surface area contributed by atoms with Crippen LogP contribution >= 0.6 is 0 Å². The first-order valence-corrected chi connectivity index (χ1v) is 38.2. The van der Waals surface area contributed by atoms with Crippen LogP contribution in [0.2, 0.25) is 129 Å². The lowest BCUT2D eigenvalue weighted by molar-refractivity contribution is 0.294. The molecule has 0 amide bonds. The molecule has 0 heterocycles. The Morgan fingerprint density at radius 2 is 0.489 bits per heavy atom. The third-order valence-electron chi connectivity index (χ3n) is 5.42. The molecule has 0 aliphatic heterocycles. The van der Waals surface area contributed by atoms with Crippen molar-refractivity contribution in [2.75, 3.05) is 0 Å². The number of rotatable bonds is 15. The molecular weight excluding hydrogens is 693 g/mol. The van der Waals surface area contributed by atoms with E-state index in [-0.39, 0.29) is 59.4 Å². The first-order chi connectivity index (χ1) is 15.9. The largest absolute Gasteiger partial charge is 0.437 e. The highest BCUT2D eigenvalue weighted by Crippen LogP contribution is 2.28. The molecule has 0 aliphatic rings. The zero-order valence-electron chi connectivity index (χ0n) is 28.6. The van der Waals surface area contributed by atoms with Crippen molar-refractivity contribution in [3.05, 3.63) is 0 Å². The smallest absolute Gasteiger partial charge is 0.317 e. The lowest BCUT2D eigenvalue weighted by atomic mass is 11.0. The number of hydrogen-bond acceptors (Lipinski definition) is 6. The fourth-order valence-electron chi connectivity index (χ4n) is 4.22. The Balaban J connectivity index is -0.0000000604. The first-order valence-electron chi connectivity index (χ1n) is 14.1. The summed E-state index contributed by atoms with van der Waals surface area (Å²) in [6.45, 7) is 44.1. The minimum absolute atomic E-state index is 0.